The third kappa shape index (κ3) is 1.68. The van der Waals surface area contributed by atoms with Gasteiger partial charge in [0.25, 0.3) is 0 Å². The second-order valence-corrected chi connectivity index (χ2v) is 4.06. The van der Waals surface area contributed by atoms with Crippen molar-refractivity contribution in [3.63, 3.8) is 0 Å². The molecule has 0 bridgehead atoms. The number of tetrazole rings is 1. The van der Waals surface area contributed by atoms with Crippen LogP contribution < -0.4 is 15.2 Å². The second-order valence-electron chi connectivity index (χ2n) is 4.06. The van der Waals surface area contributed by atoms with Crippen molar-refractivity contribution in [2.24, 2.45) is 12.8 Å². The molecule has 0 aliphatic carbocycles. The number of nitrogens with zero attached hydrogens (tertiary/aromatic N) is 4. The molecule has 1 unspecified atom stereocenters. The van der Waals surface area contributed by atoms with Crippen LogP contribution in [0.2, 0.25) is 0 Å². The minimum absolute atomic E-state index is 0.0560. The monoisotopic (exact) mass is 247 g/mol. The van der Waals surface area contributed by atoms with Gasteiger partial charge in [-0.3, -0.25) is 0 Å². The maximum atomic E-state index is 5.83. The van der Waals surface area contributed by atoms with Crippen molar-refractivity contribution in [3.05, 3.63) is 29.6 Å². The molecule has 2 heterocycles. The average Bonchev–Trinajstić information content (AvgIpc) is 2.99. The maximum Gasteiger partial charge on any atom is 0.231 e. The van der Waals surface area contributed by atoms with Crippen molar-refractivity contribution >= 4 is 0 Å². The molecule has 1 aromatic carbocycles. The molecule has 0 spiro atoms. The molecule has 0 saturated heterocycles. The SMILES string of the molecule is Cn1nnnc1C(CN)c1ccc2c(c1)OCO2. The highest BCUT2D eigenvalue weighted by Gasteiger charge is 2.21. The normalized spacial score (nSPS) is 14.8. The average molecular weight is 247 g/mol. The molecule has 1 aliphatic heterocycles. The lowest BCUT2D eigenvalue weighted by atomic mass is 9.98. The zero-order valence-electron chi connectivity index (χ0n) is 9.91. The Morgan fingerprint density at radius 2 is 2.22 bits per heavy atom. The standard InChI is InChI=1S/C11H13N5O2/c1-16-11(13-14-15-16)8(5-12)7-2-3-9-10(4-7)18-6-17-9/h2-4,8H,5-6,12H2,1H3. The van der Waals surface area contributed by atoms with Crippen LogP contribution in [-0.4, -0.2) is 33.5 Å². The van der Waals surface area contributed by atoms with Gasteiger partial charge in [-0.05, 0) is 28.1 Å². The molecular weight excluding hydrogens is 234 g/mol. The Balaban J connectivity index is 2.00. The summed E-state index contributed by atoms with van der Waals surface area (Å²) in [5.41, 5.74) is 6.84. The number of nitrogens with two attached hydrogens (primary N) is 1. The van der Waals surface area contributed by atoms with E-state index in [2.05, 4.69) is 15.5 Å². The van der Waals surface area contributed by atoms with E-state index >= 15 is 0 Å². The molecule has 0 amide bonds. The van der Waals surface area contributed by atoms with Gasteiger partial charge in [0.2, 0.25) is 6.79 Å². The molecule has 18 heavy (non-hydrogen) atoms. The summed E-state index contributed by atoms with van der Waals surface area (Å²) in [6.07, 6.45) is 0. The van der Waals surface area contributed by atoms with Gasteiger partial charge in [-0.25, -0.2) is 4.68 Å². The molecule has 2 N–H and O–H groups in total. The summed E-state index contributed by atoms with van der Waals surface area (Å²) in [6, 6.07) is 5.76. The Kier molecular flexibility index (Phi) is 2.60. The molecule has 7 nitrogen and oxygen atoms in total. The lowest BCUT2D eigenvalue weighted by molar-refractivity contribution is 0.174. The lowest BCUT2D eigenvalue weighted by Crippen LogP contribution is -2.18. The van der Waals surface area contributed by atoms with Crippen LogP contribution in [0.3, 0.4) is 0 Å². The number of aromatic nitrogens is 4. The van der Waals surface area contributed by atoms with E-state index in [-0.39, 0.29) is 12.7 Å². The zero-order chi connectivity index (χ0) is 12.5. The molecule has 3 rings (SSSR count). The minimum Gasteiger partial charge on any atom is -0.454 e. The zero-order valence-corrected chi connectivity index (χ0v) is 9.91. The van der Waals surface area contributed by atoms with Crippen molar-refractivity contribution in [2.45, 2.75) is 5.92 Å². The smallest absolute Gasteiger partial charge is 0.231 e. The van der Waals surface area contributed by atoms with Gasteiger partial charge >= 0.3 is 0 Å². The number of aryl methyl sites for hydroxylation is 1. The summed E-state index contributed by atoms with van der Waals surface area (Å²) < 4.78 is 12.3. The number of benzene rings is 1. The van der Waals surface area contributed by atoms with Crippen LogP contribution in [0.5, 0.6) is 11.5 Å². The Morgan fingerprint density at radius 1 is 1.39 bits per heavy atom. The van der Waals surface area contributed by atoms with Crippen LogP contribution in [0.4, 0.5) is 0 Å². The molecule has 1 atom stereocenters. The summed E-state index contributed by atoms with van der Waals surface area (Å²) in [5.74, 6) is 2.17. The molecule has 0 radical (unpaired) electrons. The Morgan fingerprint density at radius 3 is 2.94 bits per heavy atom. The molecule has 1 aromatic heterocycles. The number of fused-ring (bicyclic) bond motifs is 1. The predicted molar refractivity (Wildman–Crippen MR) is 62.3 cm³/mol. The molecule has 94 valence electrons. The molecule has 0 fully saturated rings. The summed E-state index contributed by atoms with van der Waals surface area (Å²) in [7, 11) is 1.80. The third-order valence-corrected chi connectivity index (χ3v) is 3.00. The lowest BCUT2D eigenvalue weighted by Gasteiger charge is -2.13. The Hall–Kier alpha value is -2.15. The number of ether oxygens (including phenoxy) is 2. The van der Waals surface area contributed by atoms with Crippen molar-refractivity contribution in [2.75, 3.05) is 13.3 Å². The van der Waals surface area contributed by atoms with Crippen molar-refractivity contribution < 1.29 is 9.47 Å². The van der Waals surface area contributed by atoms with Crippen LogP contribution in [-0.2, 0) is 7.05 Å². The van der Waals surface area contributed by atoms with Gasteiger partial charge in [0.15, 0.2) is 17.3 Å². The van der Waals surface area contributed by atoms with Crippen molar-refractivity contribution in [1.29, 1.82) is 0 Å². The van der Waals surface area contributed by atoms with Gasteiger partial charge in [0.05, 0.1) is 5.92 Å². The fourth-order valence-electron chi connectivity index (χ4n) is 2.05. The highest BCUT2D eigenvalue weighted by atomic mass is 16.7. The summed E-state index contributed by atoms with van der Waals surface area (Å²) >= 11 is 0. The largest absolute Gasteiger partial charge is 0.454 e. The first-order chi connectivity index (χ1) is 8.79. The van der Waals surface area contributed by atoms with E-state index in [1.807, 2.05) is 18.2 Å². The van der Waals surface area contributed by atoms with E-state index in [1.165, 1.54) is 0 Å². The predicted octanol–water partition coefficient (Wildman–Crippen LogP) is 0.0294. The quantitative estimate of drug-likeness (QED) is 0.823. The topological polar surface area (TPSA) is 88.1 Å². The van der Waals surface area contributed by atoms with Crippen LogP contribution in [0.25, 0.3) is 0 Å². The van der Waals surface area contributed by atoms with Crippen molar-refractivity contribution in [1.82, 2.24) is 20.2 Å². The van der Waals surface area contributed by atoms with Crippen LogP contribution in [0, 0.1) is 0 Å². The van der Waals surface area contributed by atoms with E-state index in [9.17, 15) is 0 Å². The molecule has 2 aromatic rings. The third-order valence-electron chi connectivity index (χ3n) is 3.00. The maximum absolute atomic E-state index is 5.83. The van der Waals surface area contributed by atoms with Gasteiger partial charge < -0.3 is 15.2 Å². The Bertz CT molecular complexity index is 568. The van der Waals surface area contributed by atoms with E-state index in [0.29, 0.717) is 6.54 Å². The van der Waals surface area contributed by atoms with E-state index in [4.69, 9.17) is 15.2 Å². The van der Waals surface area contributed by atoms with Gasteiger partial charge in [0, 0.05) is 13.6 Å². The van der Waals surface area contributed by atoms with E-state index < -0.39 is 0 Å². The highest BCUT2D eigenvalue weighted by Crippen LogP contribution is 2.35. The van der Waals surface area contributed by atoms with Crippen LogP contribution in [0.1, 0.15) is 17.3 Å². The fraction of sp³-hybridized carbons (Fsp3) is 0.364. The first-order valence-electron chi connectivity index (χ1n) is 5.61. The molecule has 1 aliphatic rings. The van der Waals surface area contributed by atoms with Crippen LogP contribution >= 0.6 is 0 Å². The molecular formula is C11H13N5O2. The first-order valence-corrected chi connectivity index (χ1v) is 5.61. The van der Waals surface area contributed by atoms with Gasteiger partial charge in [-0.1, -0.05) is 6.07 Å². The van der Waals surface area contributed by atoms with Crippen molar-refractivity contribution in [3.8, 4) is 11.5 Å². The summed E-state index contributed by atoms with van der Waals surface area (Å²) in [4.78, 5) is 0. The summed E-state index contributed by atoms with van der Waals surface area (Å²) in [6.45, 7) is 0.686. The minimum atomic E-state index is -0.0560. The number of rotatable bonds is 3. The number of hydrogen-bond acceptors (Lipinski definition) is 6. The fourth-order valence-corrected chi connectivity index (χ4v) is 2.05. The molecule has 7 heteroatoms. The van der Waals surface area contributed by atoms with Gasteiger partial charge in [0.1, 0.15) is 0 Å². The number of hydrogen-bond donors (Lipinski definition) is 1. The highest BCUT2D eigenvalue weighted by molar-refractivity contribution is 5.46. The van der Waals surface area contributed by atoms with E-state index in [0.717, 1.165) is 22.9 Å². The van der Waals surface area contributed by atoms with Crippen LogP contribution in [0.15, 0.2) is 18.2 Å². The van der Waals surface area contributed by atoms with E-state index in [1.54, 1.807) is 11.7 Å². The molecule has 0 saturated carbocycles. The Labute approximate surface area is 103 Å². The van der Waals surface area contributed by atoms with Gasteiger partial charge in [-0.15, -0.1) is 5.10 Å². The summed E-state index contributed by atoms with van der Waals surface area (Å²) in [5, 5.41) is 11.5. The first kappa shape index (κ1) is 11.0. The van der Waals surface area contributed by atoms with Gasteiger partial charge in [-0.2, -0.15) is 0 Å². The second kappa shape index (κ2) is 4.26.